The van der Waals surface area contributed by atoms with Gasteiger partial charge in [-0.15, -0.1) is 0 Å². The van der Waals surface area contributed by atoms with Gasteiger partial charge in [0.25, 0.3) is 0 Å². The largest absolute Gasteiger partial charge is 0.483 e. The number of aryl methyl sites for hydroxylation is 1. The molecule has 4 nitrogen and oxygen atoms in total. The zero-order valence-corrected chi connectivity index (χ0v) is 11.0. The average Bonchev–Trinajstić information content (AvgIpc) is 2.93. The van der Waals surface area contributed by atoms with Gasteiger partial charge in [0, 0.05) is 11.1 Å². The zero-order chi connectivity index (χ0) is 13.9. The molecule has 0 unspecified atom stereocenters. The highest BCUT2D eigenvalue weighted by molar-refractivity contribution is 5.84. The van der Waals surface area contributed by atoms with E-state index in [-0.39, 0.29) is 6.61 Å². The van der Waals surface area contributed by atoms with E-state index in [1.54, 1.807) is 12.1 Å². The van der Waals surface area contributed by atoms with Crippen LogP contribution in [0.1, 0.15) is 22.0 Å². The molecule has 0 fully saturated rings. The first-order chi connectivity index (χ1) is 9.76. The molecule has 4 heteroatoms. The Morgan fingerprint density at radius 1 is 1.20 bits per heavy atom. The lowest BCUT2D eigenvalue weighted by Gasteiger charge is -2.07. The van der Waals surface area contributed by atoms with Gasteiger partial charge >= 0.3 is 0 Å². The van der Waals surface area contributed by atoms with Crippen molar-refractivity contribution in [2.45, 2.75) is 13.5 Å². The number of carbonyl (C=O) groups excluding carboxylic acids is 1. The molecule has 0 saturated carbocycles. The van der Waals surface area contributed by atoms with Crippen LogP contribution in [0, 0.1) is 6.92 Å². The van der Waals surface area contributed by atoms with Crippen LogP contribution in [0.25, 0.3) is 10.9 Å². The van der Waals surface area contributed by atoms with Crippen LogP contribution in [0.2, 0.25) is 0 Å². The second-order valence-electron chi connectivity index (χ2n) is 4.49. The predicted octanol–water partition coefficient (Wildman–Crippen LogP) is 3.53. The lowest BCUT2D eigenvalue weighted by atomic mass is 10.2. The fourth-order valence-corrected chi connectivity index (χ4v) is 2.02. The molecule has 0 radical (unpaired) electrons. The van der Waals surface area contributed by atoms with Gasteiger partial charge in [-0.2, -0.15) is 0 Å². The van der Waals surface area contributed by atoms with Gasteiger partial charge in [-0.3, -0.25) is 4.79 Å². The van der Waals surface area contributed by atoms with Gasteiger partial charge in [0.2, 0.25) is 0 Å². The highest BCUT2D eigenvalue weighted by Gasteiger charge is 2.06. The molecule has 0 amide bonds. The Hall–Kier alpha value is -2.62. The lowest BCUT2D eigenvalue weighted by molar-refractivity contribution is 0.109. The molecule has 0 saturated heterocycles. The van der Waals surface area contributed by atoms with Crippen LogP contribution in [0.15, 0.2) is 46.9 Å². The highest BCUT2D eigenvalue weighted by atomic mass is 16.5. The number of aromatic nitrogens is 1. The summed E-state index contributed by atoms with van der Waals surface area (Å²) in [5, 5.41) is 1.03. The number of fused-ring (bicyclic) bond motifs is 1. The van der Waals surface area contributed by atoms with E-state index >= 15 is 0 Å². The van der Waals surface area contributed by atoms with E-state index < -0.39 is 0 Å². The Morgan fingerprint density at radius 3 is 2.90 bits per heavy atom. The van der Waals surface area contributed by atoms with Gasteiger partial charge < -0.3 is 9.15 Å². The first-order valence-corrected chi connectivity index (χ1v) is 6.29. The van der Waals surface area contributed by atoms with Crippen LogP contribution in [0.5, 0.6) is 5.75 Å². The van der Waals surface area contributed by atoms with Gasteiger partial charge in [0.05, 0.1) is 0 Å². The predicted molar refractivity (Wildman–Crippen MR) is 74.9 cm³/mol. The van der Waals surface area contributed by atoms with Crippen LogP contribution in [-0.4, -0.2) is 11.3 Å². The maximum atomic E-state index is 10.6. The Balaban J connectivity index is 1.86. The zero-order valence-electron chi connectivity index (χ0n) is 11.0. The van der Waals surface area contributed by atoms with Gasteiger partial charge in [0.1, 0.15) is 23.6 Å². The second-order valence-corrected chi connectivity index (χ2v) is 4.49. The number of nitrogens with zero attached hydrogens (tertiary/aromatic N) is 1. The maximum Gasteiger partial charge on any atom is 0.185 e. The summed E-state index contributed by atoms with van der Waals surface area (Å²) < 4.78 is 11.0. The molecule has 0 aliphatic heterocycles. The summed E-state index contributed by atoms with van der Waals surface area (Å²) >= 11 is 0. The normalized spacial score (nSPS) is 10.7. The first-order valence-electron chi connectivity index (χ1n) is 6.29. The molecule has 1 aromatic carbocycles. The molecule has 100 valence electrons. The molecule has 2 heterocycles. The number of furan rings is 1. The number of pyridine rings is 1. The van der Waals surface area contributed by atoms with Gasteiger partial charge in [-0.1, -0.05) is 18.2 Å². The van der Waals surface area contributed by atoms with E-state index in [1.165, 1.54) is 0 Å². The van der Waals surface area contributed by atoms with Crippen molar-refractivity contribution in [2.75, 3.05) is 0 Å². The average molecular weight is 267 g/mol. The van der Waals surface area contributed by atoms with Crippen LogP contribution >= 0.6 is 0 Å². The molecule has 0 N–H and O–H groups in total. The number of rotatable bonds is 4. The smallest absolute Gasteiger partial charge is 0.185 e. The molecule has 20 heavy (non-hydrogen) atoms. The lowest BCUT2D eigenvalue weighted by Crippen LogP contribution is -1.96. The Kier molecular flexibility index (Phi) is 3.21. The minimum absolute atomic E-state index is 0.266. The number of ether oxygens (including phenoxy) is 1. The quantitative estimate of drug-likeness (QED) is 0.678. The molecular formula is C16H13NO3. The van der Waals surface area contributed by atoms with Crippen molar-refractivity contribution < 1.29 is 13.9 Å². The molecule has 3 aromatic rings. The third kappa shape index (κ3) is 2.40. The van der Waals surface area contributed by atoms with E-state index in [0.717, 1.165) is 16.6 Å². The first kappa shape index (κ1) is 12.4. The monoisotopic (exact) mass is 267 g/mol. The number of hydrogen-bond donors (Lipinski definition) is 0. The fourth-order valence-electron chi connectivity index (χ4n) is 2.02. The third-order valence-electron chi connectivity index (χ3n) is 2.99. The molecular weight excluding hydrogens is 254 g/mol. The number of carbonyl (C=O) groups is 1. The molecule has 3 rings (SSSR count). The van der Waals surface area contributed by atoms with Crippen LogP contribution in [-0.2, 0) is 6.61 Å². The minimum Gasteiger partial charge on any atom is -0.483 e. The summed E-state index contributed by atoms with van der Waals surface area (Å²) in [5.74, 6) is 1.61. The van der Waals surface area contributed by atoms with Crippen LogP contribution < -0.4 is 4.74 Å². The Bertz CT molecular complexity index is 761. The molecule has 0 spiro atoms. The van der Waals surface area contributed by atoms with E-state index in [4.69, 9.17) is 9.15 Å². The SMILES string of the molecule is Cc1ccc2cccc(OCc3ccc(C=O)o3)c2n1. The Morgan fingerprint density at radius 2 is 2.10 bits per heavy atom. The summed E-state index contributed by atoms with van der Waals surface area (Å²) in [6.45, 7) is 2.21. The topological polar surface area (TPSA) is 52.3 Å². The van der Waals surface area contributed by atoms with Crippen molar-refractivity contribution in [2.24, 2.45) is 0 Å². The number of aldehydes is 1. The van der Waals surface area contributed by atoms with Gasteiger partial charge in [-0.25, -0.2) is 4.98 Å². The highest BCUT2D eigenvalue weighted by Crippen LogP contribution is 2.24. The van der Waals surface area contributed by atoms with Gasteiger partial charge in [-0.05, 0) is 31.2 Å². The van der Waals surface area contributed by atoms with Crippen molar-refractivity contribution >= 4 is 17.2 Å². The van der Waals surface area contributed by atoms with Crippen molar-refractivity contribution in [1.82, 2.24) is 4.98 Å². The van der Waals surface area contributed by atoms with E-state index in [2.05, 4.69) is 4.98 Å². The van der Waals surface area contributed by atoms with Crippen molar-refractivity contribution in [3.63, 3.8) is 0 Å². The number of para-hydroxylation sites is 1. The third-order valence-corrected chi connectivity index (χ3v) is 2.99. The molecule has 2 aromatic heterocycles. The molecule has 0 bridgehead atoms. The van der Waals surface area contributed by atoms with E-state index in [1.807, 2.05) is 37.3 Å². The van der Waals surface area contributed by atoms with Crippen LogP contribution in [0.4, 0.5) is 0 Å². The summed E-state index contributed by atoms with van der Waals surface area (Å²) in [6, 6.07) is 13.1. The van der Waals surface area contributed by atoms with E-state index in [9.17, 15) is 4.79 Å². The standard InChI is InChI=1S/C16H13NO3/c1-11-5-6-12-3-2-4-15(16(12)17-11)19-10-14-8-7-13(9-18)20-14/h2-9H,10H2,1H3. The summed E-state index contributed by atoms with van der Waals surface area (Å²) in [5.41, 5.74) is 1.77. The Labute approximate surface area is 116 Å². The van der Waals surface area contributed by atoms with Crippen molar-refractivity contribution in [3.8, 4) is 5.75 Å². The number of hydrogen-bond acceptors (Lipinski definition) is 4. The minimum atomic E-state index is 0.266. The summed E-state index contributed by atoms with van der Waals surface area (Å²) in [4.78, 5) is 15.1. The summed E-state index contributed by atoms with van der Waals surface area (Å²) in [7, 11) is 0. The maximum absolute atomic E-state index is 10.6. The van der Waals surface area contributed by atoms with Crippen molar-refractivity contribution in [3.05, 3.63) is 59.7 Å². The van der Waals surface area contributed by atoms with Crippen LogP contribution in [0.3, 0.4) is 0 Å². The molecule has 0 aliphatic rings. The molecule has 0 aliphatic carbocycles. The van der Waals surface area contributed by atoms with E-state index in [0.29, 0.717) is 23.6 Å². The molecule has 0 atom stereocenters. The van der Waals surface area contributed by atoms with Crippen molar-refractivity contribution in [1.29, 1.82) is 0 Å². The number of benzene rings is 1. The fraction of sp³-hybridized carbons (Fsp3) is 0.125. The summed E-state index contributed by atoms with van der Waals surface area (Å²) in [6.07, 6.45) is 0.673. The van der Waals surface area contributed by atoms with Gasteiger partial charge in [0.15, 0.2) is 12.0 Å². The second kappa shape index (κ2) is 5.17.